The van der Waals surface area contributed by atoms with Gasteiger partial charge in [0.1, 0.15) is 6.04 Å². The average molecular weight is 304 g/mol. The molecule has 0 spiro atoms. The normalized spacial score (nSPS) is 11.5. The van der Waals surface area contributed by atoms with Crippen LogP contribution in [0.1, 0.15) is 5.56 Å². The molecule has 1 rings (SSSR count). The van der Waals surface area contributed by atoms with Crippen LogP contribution in [0.4, 0.5) is 0 Å². The van der Waals surface area contributed by atoms with Crippen LogP contribution in [-0.4, -0.2) is 57.3 Å². The van der Waals surface area contributed by atoms with Crippen LogP contribution in [0.3, 0.4) is 0 Å². The topological polar surface area (TPSA) is 115 Å². The number of carboxylic acids is 3. The van der Waals surface area contributed by atoms with Gasteiger partial charge >= 0.3 is 47.5 Å². The van der Waals surface area contributed by atoms with E-state index in [1.54, 1.807) is 30.3 Å². The predicted octanol–water partition coefficient (Wildman–Crippen LogP) is -2.84. The Morgan fingerprint density at radius 3 is 1.81 bits per heavy atom. The maximum Gasteiger partial charge on any atom is 1.00 e. The number of carboxylic acid groups (broad SMARTS) is 3. The fourth-order valence-corrected chi connectivity index (χ4v) is 1.83. The first-order valence-electron chi connectivity index (χ1n) is 5.84. The molecule has 0 aromatic heterocycles. The van der Waals surface area contributed by atoms with E-state index in [1.807, 2.05) is 0 Å². The number of hydrogen-bond acceptors (Lipinski definition) is 4. The predicted molar refractivity (Wildman–Crippen MR) is 68.4 cm³/mol. The summed E-state index contributed by atoms with van der Waals surface area (Å²) in [6, 6.07) is 7.43. The van der Waals surface area contributed by atoms with Crippen LogP contribution in [0.15, 0.2) is 30.3 Å². The summed E-state index contributed by atoms with van der Waals surface area (Å²) in [7, 11) is 0. The Kier molecular flexibility index (Phi) is 8.87. The Labute approximate surface area is 143 Å². The molecule has 0 saturated heterocycles. The summed E-state index contributed by atoms with van der Waals surface area (Å²) >= 11 is 0. The number of rotatable bonds is 8. The summed E-state index contributed by atoms with van der Waals surface area (Å²) in [5.74, 6) is -3.80. The largest absolute Gasteiger partial charge is 1.00 e. The molecule has 0 aliphatic heterocycles. The molecular weight excluding hydrogens is 289 g/mol. The molecular formula is C13H15NNaO6+. The first kappa shape index (κ1) is 19.6. The molecule has 1 aromatic rings. The Morgan fingerprint density at radius 2 is 1.43 bits per heavy atom. The van der Waals surface area contributed by atoms with Crippen LogP contribution in [0.25, 0.3) is 0 Å². The van der Waals surface area contributed by atoms with Gasteiger partial charge in [-0.3, -0.25) is 19.3 Å². The van der Waals surface area contributed by atoms with Crippen molar-refractivity contribution >= 4 is 17.9 Å². The summed E-state index contributed by atoms with van der Waals surface area (Å²) in [6.07, 6.45) is 0.0384. The van der Waals surface area contributed by atoms with Gasteiger partial charge in [0.05, 0.1) is 13.1 Å². The Morgan fingerprint density at radius 1 is 0.952 bits per heavy atom. The van der Waals surface area contributed by atoms with Gasteiger partial charge in [0.15, 0.2) is 0 Å². The van der Waals surface area contributed by atoms with E-state index in [0.717, 1.165) is 4.90 Å². The van der Waals surface area contributed by atoms with Crippen molar-refractivity contribution in [1.29, 1.82) is 0 Å². The molecule has 0 fully saturated rings. The van der Waals surface area contributed by atoms with Crippen LogP contribution >= 0.6 is 0 Å². The van der Waals surface area contributed by atoms with Crippen molar-refractivity contribution in [2.75, 3.05) is 13.1 Å². The van der Waals surface area contributed by atoms with E-state index in [-0.39, 0.29) is 36.0 Å². The van der Waals surface area contributed by atoms with Crippen molar-refractivity contribution in [2.45, 2.75) is 12.5 Å². The fraction of sp³-hybridized carbons (Fsp3) is 0.308. The van der Waals surface area contributed by atoms with Gasteiger partial charge in [-0.2, -0.15) is 0 Å². The second kappa shape index (κ2) is 9.51. The molecule has 1 unspecified atom stereocenters. The van der Waals surface area contributed by atoms with E-state index in [4.69, 9.17) is 10.2 Å². The maximum atomic E-state index is 11.3. The fourth-order valence-electron chi connectivity index (χ4n) is 1.83. The van der Waals surface area contributed by atoms with Crippen molar-refractivity contribution in [1.82, 2.24) is 4.90 Å². The standard InChI is InChI=1S/C13H15NO6.Na/c15-11(16)7-14(8-12(17)18)10(13(19)20)6-9-4-2-1-3-5-9;/h1-5,10H,6-8H2,(H,15,16)(H,17,18)(H,19,20);/q;+1. The van der Waals surface area contributed by atoms with Crippen molar-refractivity contribution in [3.63, 3.8) is 0 Å². The monoisotopic (exact) mass is 304 g/mol. The average Bonchev–Trinajstić information content (AvgIpc) is 2.35. The van der Waals surface area contributed by atoms with Crippen LogP contribution in [0.5, 0.6) is 0 Å². The summed E-state index contributed by atoms with van der Waals surface area (Å²) in [4.78, 5) is 33.7. The van der Waals surface area contributed by atoms with E-state index >= 15 is 0 Å². The quantitative estimate of drug-likeness (QED) is 0.443. The molecule has 0 amide bonds. The van der Waals surface area contributed by atoms with E-state index < -0.39 is 37.0 Å². The SMILES string of the molecule is O=C(O)CN(CC(=O)O)C(Cc1ccccc1)C(=O)O.[Na+]. The van der Waals surface area contributed by atoms with Gasteiger partial charge in [-0.25, -0.2) is 0 Å². The van der Waals surface area contributed by atoms with E-state index in [2.05, 4.69) is 0 Å². The van der Waals surface area contributed by atoms with E-state index in [1.165, 1.54) is 0 Å². The third-order valence-corrected chi connectivity index (χ3v) is 2.67. The Bertz CT molecular complexity index is 477. The third-order valence-electron chi connectivity index (χ3n) is 2.67. The summed E-state index contributed by atoms with van der Waals surface area (Å²) in [6.45, 7) is -1.29. The van der Waals surface area contributed by atoms with Gasteiger partial charge in [-0.1, -0.05) is 30.3 Å². The zero-order chi connectivity index (χ0) is 15.1. The molecule has 0 saturated carbocycles. The smallest absolute Gasteiger partial charge is 0.480 e. The molecule has 0 aliphatic carbocycles. The zero-order valence-electron chi connectivity index (χ0n) is 11.6. The zero-order valence-corrected chi connectivity index (χ0v) is 13.6. The minimum Gasteiger partial charge on any atom is -0.480 e. The molecule has 0 bridgehead atoms. The first-order valence-corrected chi connectivity index (χ1v) is 5.84. The molecule has 3 N–H and O–H groups in total. The minimum absolute atomic E-state index is 0. The van der Waals surface area contributed by atoms with Crippen molar-refractivity contribution < 1.29 is 59.3 Å². The maximum absolute atomic E-state index is 11.3. The molecule has 0 radical (unpaired) electrons. The minimum atomic E-state index is -1.27. The van der Waals surface area contributed by atoms with Crippen LogP contribution < -0.4 is 29.6 Å². The van der Waals surface area contributed by atoms with Gasteiger partial charge in [-0.05, 0) is 12.0 Å². The summed E-state index contributed by atoms with van der Waals surface area (Å²) < 4.78 is 0. The molecule has 108 valence electrons. The van der Waals surface area contributed by atoms with Crippen molar-refractivity contribution in [2.24, 2.45) is 0 Å². The molecule has 1 aromatic carbocycles. The van der Waals surface area contributed by atoms with Gasteiger partial charge in [0.25, 0.3) is 0 Å². The number of nitrogens with zero attached hydrogens (tertiary/aromatic N) is 1. The van der Waals surface area contributed by atoms with Gasteiger partial charge < -0.3 is 15.3 Å². The third kappa shape index (κ3) is 7.24. The molecule has 0 aliphatic rings. The van der Waals surface area contributed by atoms with Gasteiger partial charge in [0.2, 0.25) is 0 Å². The number of hydrogen-bond donors (Lipinski definition) is 3. The van der Waals surface area contributed by atoms with E-state index in [0.29, 0.717) is 5.56 Å². The number of benzene rings is 1. The van der Waals surface area contributed by atoms with Gasteiger partial charge in [-0.15, -0.1) is 0 Å². The van der Waals surface area contributed by atoms with E-state index in [9.17, 15) is 19.5 Å². The summed E-state index contributed by atoms with van der Waals surface area (Å²) in [5, 5.41) is 26.7. The van der Waals surface area contributed by atoms with Crippen LogP contribution in [0, 0.1) is 0 Å². The molecule has 21 heavy (non-hydrogen) atoms. The molecule has 8 heteroatoms. The van der Waals surface area contributed by atoms with Crippen molar-refractivity contribution in [3.8, 4) is 0 Å². The Balaban J connectivity index is 0.00000400. The Hall–Kier alpha value is -1.41. The first-order chi connectivity index (χ1) is 9.40. The molecule has 7 nitrogen and oxygen atoms in total. The number of carbonyl (C=O) groups is 3. The van der Waals surface area contributed by atoms with Crippen LogP contribution in [-0.2, 0) is 20.8 Å². The second-order valence-electron chi connectivity index (χ2n) is 4.24. The molecule has 0 heterocycles. The summed E-state index contributed by atoms with van der Waals surface area (Å²) in [5.41, 5.74) is 0.695. The second-order valence-corrected chi connectivity index (χ2v) is 4.24. The van der Waals surface area contributed by atoms with Gasteiger partial charge in [0, 0.05) is 0 Å². The number of aliphatic carboxylic acids is 3. The van der Waals surface area contributed by atoms with Crippen molar-refractivity contribution in [3.05, 3.63) is 35.9 Å². The molecule has 1 atom stereocenters. The van der Waals surface area contributed by atoms with Crippen LogP contribution in [0.2, 0.25) is 0 Å².